The molecule has 0 bridgehead atoms. The molecule has 4 atom stereocenters. The van der Waals surface area contributed by atoms with Gasteiger partial charge in [-0.3, -0.25) is 0 Å². The fraction of sp³-hybridized carbons (Fsp3) is 1.00. The molecule has 1 saturated carbocycles. The summed E-state index contributed by atoms with van der Waals surface area (Å²) in [6.45, 7) is 12.4. The van der Waals surface area contributed by atoms with E-state index in [1.54, 1.807) is 0 Å². The molecule has 1 fully saturated rings. The van der Waals surface area contributed by atoms with Gasteiger partial charge in [0.25, 0.3) is 0 Å². The van der Waals surface area contributed by atoms with Gasteiger partial charge in [-0.25, -0.2) is 0 Å². The van der Waals surface area contributed by atoms with Crippen molar-refractivity contribution in [2.24, 2.45) is 11.8 Å². The zero-order valence-corrected chi connectivity index (χ0v) is 13.0. The van der Waals surface area contributed by atoms with E-state index in [0.717, 1.165) is 18.4 Å². The third-order valence-corrected chi connectivity index (χ3v) is 4.04. The average molecular weight is 255 g/mol. The minimum Gasteiger partial charge on any atom is -0.374 e. The van der Waals surface area contributed by atoms with Crippen molar-refractivity contribution in [3.8, 4) is 0 Å². The molecule has 0 heterocycles. The first kappa shape index (κ1) is 16.0. The molecular weight excluding hydrogens is 222 g/mol. The molecule has 1 aliphatic rings. The lowest BCUT2D eigenvalue weighted by atomic mass is 9.82. The van der Waals surface area contributed by atoms with Gasteiger partial charge < -0.3 is 10.1 Å². The Labute approximate surface area is 114 Å². The molecule has 2 nitrogen and oxygen atoms in total. The highest BCUT2D eigenvalue weighted by molar-refractivity contribution is 4.76. The lowest BCUT2D eigenvalue weighted by Crippen LogP contribution is -2.37. The van der Waals surface area contributed by atoms with E-state index in [0.29, 0.717) is 18.2 Å². The van der Waals surface area contributed by atoms with Crippen molar-refractivity contribution < 1.29 is 4.74 Å². The molecule has 0 spiro atoms. The highest BCUT2D eigenvalue weighted by atomic mass is 16.5. The Kier molecular flexibility index (Phi) is 7.25. The van der Waals surface area contributed by atoms with E-state index < -0.39 is 0 Å². The van der Waals surface area contributed by atoms with Gasteiger partial charge in [0.2, 0.25) is 0 Å². The van der Waals surface area contributed by atoms with Crippen LogP contribution in [0.5, 0.6) is 0 Å². The zero-order valence-electron chi connectivity index (χ0n) is 13.0. The molecule has 0 aromatic heterocycles. The van der Waals surface area contributed by atoms with Crippen LogP contribution in [0.15, 0.2) is 0 Å². The lowest BCUT2D eigenvalue weighted by molar-refractivity contribution is -0.0408. The summed E-state index contributed by atoms with van der Waals surface area (Å²) in [4.78, 5) is 0. The third kappa shape index (κ3) is 6.19. The molecule has 1 rings (SSSR count). The molecule has 1 aliphatic carbocycles. The van der Waals surface area contributed by atoms with Crippen LogP contribution in [-0.4, -0.2) is 24.8 Å². The van der Waals surface area contributed by atoms with Gasteiger partial charge in [0, 0.05) is 12.6 Å². The Balaban J connectivity index is 2.20. The molecule has 1 N–H and O–H groups in total. The van der Waals surface area contributed by atoms with Crippen LogP contribution in [0.3, 0.4) is 0 Å². The molecule has 0 aliphatic heterocycles. The Morgan fingerprint density at radius 1 is 1.11 bits per heavy atom. The number of nitrogens with one attached hydrogen (secondary N) is 1. The van der Waals surface area contributed by atoms with Crippen LogP contribution in [0.1, 0.15) is 66.7 Å². The van der Waals surface area contributed by atoms with E-state index in [2.05, 4.69) is 39.9 Å². The summed E-state index contributed by atoms with van der Waals surface area (Å²) in [5, 5.41) is 3.57. The summed E-state index contributed by atoms with van der Waals surface area (Å²) >= 11 is 0. The Morgan fingerprint density at radius 2 is 1.72 bits per heavy atom. The Morgan fingerprint density at radius 3 is 2.28 bits per heavy atom. The van der Waals surface area contributed by atoms with Gasteiger partial charge >= 0.3 is 0 Å². The first-order valence-corrected chi connectivity index (χ1v) is 7.90. The Bertz CT molecular complexity index is 209. The van der Waals surface area contributed by atoms with Crippen molar-refractivity contribution >= 4 is 0 Å². The van der Waals surface area contributed by atoms with Crippen LogP contribution in [0.25, 0.3) is 0 Å². The highest BCUT2D eigenvalue weighted by Crippen LogP contribution is 2.30. The summed E-state index contributed by atoms with van der Waals surface area (Å²) in [7, 11) is 0. The maximum Gasteiger partial charge on any atom is 0.0675 e. The van der Waals surface area contributed by atoms with E-state index in [1.807, 2.05) is 0 Å². The van der Waals surface area contributed by atoms with Crippen molar-refractivity contribution in [2.75, 3.05) is 6.54 Å². The van der Waals surface area contributed by atoms with Gasteiger partial charge in [0.05, 0.1) is 12.2 Å². The molecule has 18 heavy (non-hydrogen) atoms. The van der Waals surface area contributed by atoms with Crippen molar-refractivity contribution in [2.45, 2.75) is 85.0 Å². The van der Waals surface area contributed by atoms with Crippen molar-refractivity contribution in [1.82, 2.24) is 5.32 Å². The predicted octanol–water partition coefficient (Wildman–Crippen LogP) is 3.99. The molecule has 2 heteroatoms. The monoisotopic (exact) mass is 255 g/mol. The number of hydrogen-bond acceptors (Lipinski definition) is 2. The summed E-state index contributed by atoms with van der Waals surface area (Å²) in [6.07, 6.45) is 7.21. The zero-order chi connectivity index (χ0) is 13.5. The van der Waals surface area contributed by atoms with Gasteiger partial charge in [0.1, 0.15) is 0 Å². The van der Waals surface area contributed by atoms with Gasteiger partial charge in [-0.05, 0) is 51.4 Å². The van der Waals surface area contributed by atoms with E-state index in [4.69, 9.17) is 4.74 Å². The number of rotatable bonds is 7. The maximum absolute atomic E-state index is 6.20. The van der Waals surface area contributed by atoms with Crippen LogP contribution in [-0.2, 0) is 4.74 Å². The van der Waals surface area contributed by atoms with Crippen LogP contribution in [0, 0.1) is 11.8 Å². The predicted molar refractivity (Wildman–Crippen MR) is 78.9 cm³/mol. The number of hydrogen-bond donors (Lipinski definition) is 1. The van der Waals surface area contributed by atoms with Crippen LogP contribution >= 0.6 is 0 Å². The van der Waals surface area contributed by atoms with Gasteiger partial charge in [-0.1, -0.05) is 27.2 Å². The molecule has 0 aromatic carbocycles. The van der Waals surface area contributed by atoms with Crippen molar-refractivity contribution in [3.63, 3.8) is 0 Å². The van der Waals surface area contributed by atoms with E-state index in [1.165, 1.54) is 32.1 Å². The quantitative estimate of drug-likeness (QED) is 0.742. The second-order valence-corrected chi connectivity index (χ2v) is 6.58. The van der Waals surface area contributed by atoms with Crippen LogP contribution < -0.4 is 5.32 Å². The van der Waals surface area contributed by atoms with Gasteiger partial charge in [-0.2, -0.15) is 0 Å². The lowest BCUT2D eigenvalue weighted by Gasteiger charge is -2.33. The second-order valence-electron chi connectivity index (χ2n) is 6.58. The van der Waals surface area contributed by atoms with Crippen LogP contribution in [0.4, 0.5) is 0 Å². The molecule has 0 aromatic rings. The summed E-state index contributed by atoms with van der Waals surface area (Å²) < 4.78 is 6.20. The van der Waals surface area contributed by atoms with Crippen molar-refractivity contribution in [1.29, 1.82) is 0 Å². The molecule has 108 valence electrons. The Hall–Kier alpha value is -0.0800. The molecule has 0 radical (unpaired) electrons. The van der Waals surface area contributed by atoms with Crippen molar-refractivity contribution in [3.05, 3.63) is 0 Å². The standard InChI is InChI=1S/C16H33NO/c1-6-7-14(4)17-11-15(5)18-16-9-12(2)8-13(3)10-16/h12-17H,6-11H2,1-5H3. The summed E-state index contributed by atoms with van der Waals surface area (Å²) in [5.74, 6) is 1.66. The second kappa shape index (κ2) is 8.16. The smallest absolute Gasteiger partial charge is 0.0675 e. The topological polar surface area (TPSA) is 21.3 Å². The average Bonchev–Trinajstić information content (AvgIpc) is 2.25. The SMILES string of the molecule is CCCC(C)NCC(C)OC1CC(C)CC(C)C1. The van der Waals surface area contributed by atoms with E-state index in [-0.39, 0.29) is 0 Å². The largest absolute Gasteiger partial charge is 0.374 e. The maximum atomic E-state index is 6.20. The summed E-state index contributed by atoms with van der Waals surface area (Å²) in [6, 6.07) is 0.616. The minimum absolute atomic E-state index is 0.340. The summed E-state index contributed by atoms with van der Waals surface area (Å²) in [5.41, 5.74) is 0. The van der Waals surface area contributed by atoms with Gasteiger partial charge in [-0.15, -0.1) is 0 Å². The third-order valence-electron chi connectivity index (χ3n) is 4.04. The molecule has 4 unspecified atom stereocenters. The molecular formula is C16H33NO. The molecule has 0 amide bonds. The molecule has 0 saturated heterocycles. The van der Waals surface area contributed by atoms with E-state index >= 15 is 0 Å². The van der Waals surface area contributed by atoms with Gasteiger partial charge in [0.15, 0.2) is 0 Å². The number of ether oxygens (including phenoxy) is 1. The fourth-order valence-electron chi connectivity index (χ4n) is 3.26. The highest BCUT2D eigenvalue weighted by Gasteiger charge is 2.25. The minimum atomic E-state index is 0.340. The van der Waals surface area contributed by atoms with Crippen LogP contribution in [0.2, 0.25) is 0 Å². The first-order chi connectivity index (χ1) is 8.51. The normalized spacial score (nSPS) is 32.2. The van der Waals surface area contributed by atoms with E-state index in [9.17, 15) is 0 Å². The first-order valence-electron chi connectivity index (χ1n) is 7.90. The fourth-order valence-corrected chi connectivity index (χ4v) is 3.26.